The summed E-state index contributed by atoms with van der Waals surface area (Å²) in [7, 11) is 2.18. The first-order chi connectivity index (χ1) is 19.5. The summed E-state index contributed by atoms with van der Waals surface area (Å²) in [6.45, 7) is 7.34. The highest BCUT2D eigenvalue weighted by atomic mass is 35.5. The molecule has 0 saturated carbocycles. The fourth-order valence-corrected chi connectivity index (χ4v) is 6.64. The van der Waals surface area contributed by atoms with Crippen molar-refractivity contribution in [2.75, 3.05) is 43.1 Å². The molecule has 5 heterocycles. The monoisotopic (exact) mass is 563 g/mol. The first-order valence-corrected chi connectivity index (χ1v) is 14.8. The standard InChI is InChI=1S/C30H38ClN7O2/c1-21-11-13-36(17-22-8-4-3-5-9-22)19-26(21)35(2)29-23-12-14-37(18-24(23)32-20-33-29)25-16-34-38(30(39)28(25)31)27-10-6-7-15-40-27/h3-5,8-9,16,20-21,26-27H,6-7,10-15,17-19H2,1-2H3. The van der Waals surface area contributed by atoms with Crippen LogP contribution in [0.1, 0.15) is 55.7 Å². The summed E-state index contributed by atoms with van der Waals surface area (Å²) >= 11 is 6.63. The molecule has 212 valence electrons. The number of anilines is 2. The van der Waals surface area contributed by atoms with E-state index in [2.05, 4.69) is 69.1 Å². The van der Waals surface area contributed by atoms with Crippen molar-refractivity contribution in [1.29, 1.82) is 0 Å². The summed E-state index contributed by atoms with van der Waals surface area (Å²) in [5.74, 6) is 1.57. The Hall–Kier alpha value is -3.01. The van der Waals surface area contributed by atoms with Crippen LogP contribution in [0.2, 0.25) is 5.02 Å². The van der Waals surface area contributed by atoms with Crippen molar-refractivity contribution in [3.8, 4) is 0 Å². The largest absolute Gasteiger partial charge is 0.363 e. The van der Waals surface area contributed by atoms with Crippen molar-refractivity contribution in [1.82, 2.24) is 24.6 Å². The lowest BCUT2D eigenvalue weighted by atomic mass is 9.91. The highest BCUT2D eigenvalue weighted by Gasteiger charge is 2.33. The van der Waals surface area contributed by atoms with E-state index in [4.69, 9.17) is 21.3 Å². The predicted octanol–water partition coefficient (Wildman–Crippen LogP) is 4.30. The Labute approximate surface area is 240 Å². The van der Waals surface area contributed by atoms with Crippen LogP contribution in [0.3, 0.4) is 0 Å². The quantitative estimate of drug-likeness (QED) is 0.439. The molecule has 3 aliphatic heterocycles. The summed E-state index contributed by atoms with van der Waals surface area (Å²) in [6, 6.07) is 11.1. The second-order valence-electron chi connectivity index (χ2n) is 11.4. The van der Waals surface area contributed by atoms with E-state index in [9.17, 15) is 4.79 Å². The molecule has 2 fully saturated rings. The van der Waals surface area contributed by atoms with Crippen LogP contribution in [0, 0.1) is 5.92 Å². The number of rotatable bonds is 6. The third-order valence-electron chi connectivity index (χ3n) is 8.76. The summed E-state index contributed by atoms with van der Waals surface area (Å²) in [6.07, 6.45) is 7.76. The molecular weight excluding hydrogens is 526 g/mol. The van der Waals surface area contributed by atoms with Gasteiger partial charge in [-0.2, -0.15) is 9.78 Å². The molecule has 2 saturated heterocycles. The molecule has 0 aliphatic carbocycles. The number of likely N-dealkylation sites (tertiary alicyclic amines) is 1. The Morgan fingerprint density at radius 1 is 1.12 bits per heavy atom. The molecule has 3 aliphatic rings. The second-order valence-corrected chi connectivity index (χ2v) is 11.8. The lowest BCUT2D eigenvalue weighted by Crippen LogP contribution is -2.51. The van der Waals surface area contributed by atoms with E-state index in [1.165, 1.54) is 15.8 Å². The number of halogens is 1. The molecule has 2 aromatic heterocycles. The molecule has 3 unspecified atom stereocenters. The van der Waals surface area contributed by atoms with Gasteiger partial charge in [-0.05, 0) is 50.1 Å². The van der Waals surface area contributed by atoms with E-state index >= 15 is 0 Å². The van der Waals surface area contributed by atoms with Gasteiger partial charge in [0.2, 0.25) is 0 Å². The number of ether oxygens (including phenoxy) is 1. The fourth-order valence-electron chi connectivity index (χ4n) is 6.39. The van der Waals surface area contributed by atoms with Gasteiger partial charge in [0.15, 0.2) is 6.23 Å². The number of benzene rings is 1. The van der Waals surface area contributed by atoms with Crippen molar-refractivity contribution < 1.29 is 4.74 Å². The number of nitrogens with zero attached hydrogens (tertiary/aromatic N) is 7. The zero-order chi connectivity index (χ0) is 27.6. The van der Waals surface area contributed by atoms with E-state index in [0.29, 0.717) is 37.3 Å². The van der Waals surface area contributed by atoms with Crippen LogP contribution in [-0.4, -0.2) is 64.0 Å². The highest BCUT2D eigenvalue weighted by Crippen LogP contribution is 2.33. The number of hydrogen-bond donors (Lipinski definition) is 0. The molecule has 0 amide bonds. The second kappa shape index (κ2) is 11.8. The van der Waals surface area contributed by atoms with Gasteiger partial charge >= 0.3 is 0 Å². The van der Waals surface area contributed by atoms with Crippen LogP contribution in [0.25, 0.3) is 0 Å². The summed E-state index contributed by atoms with van der Waals surface area (Å²) in [5, 5.41) is 4.64. The smallest absolute Gasteiger partial charge is 0.290 e. The minimum absolute atomic E-state index is 0.188. The van der Waals surface area contributed by atoms with E-state index in [1.54, 1.807) is 12.5 Å². The van der Waals surface area contributed by atoms with Gasteiger partial charge in [-0.25, -0.2) is 9.97 Å². The molecule has 6 rings (SSSR count). The average molecular weight is 564 g/mol. The lowest BCUT2D eigenvalue weighted by molar-refractivity contribution is -0.0424. The summed E-state index contributed by atoms with van der Waals surface area (Å²) < 4.78 is 7.16. The molecule has 3 atom stereocenters. The van der Waals surface area contributed by atoms with Crippen LogP contribution in [-0.2, 0) is 24.2 Å². The summed E-state index contributed by atoms with van der Waals surface area (Å²) in [5.41, 5.74) is 3.86. The average Bonchev–Trinajstić information content (AvgIpc) is 2.99. The predicted molar refractivity (Wildman–Crippen MR) is 157 cm³/mol. The minimum Gasteiger partial charge on any atom is -0.363 e. The Kier molecular flexibility index (Phi) is 8.05. The number of likely N-dealkylation sites (N-methyl/N-ethyl adjacent to an activating group) is 1. The normalized spacial score (nSPS) is 23.6. The summed E-state index contributed by atoms with van der Waals surface area (Å²) in [4.78, 5) is 29.6. The number of piperidine rings is 1. The maximum atomic E-state index is 13.1. The van der Waals surface area contributed by atoms with Gasteiger partial charge < -0.3 is 14.5 Å². The van der Waals surface area contributed by atoms with Crippen molar-refractivity contribution in [3.05, 3.63) is 75.1 Å². The lowest BCUT2D eigenvalue weighted by Gasteiger charge is -2.43. The third-order valence-corrected chi connectivity index (χ3v) is 9.12. The van der Waals surface area contributed by atoms with Crippen molar-refractivity contribution in [2.24, 2.45) is 5.92 Å². The number of aromatic nitrogens is 4. The fraction of sp³-hybridized carbons (Fsp3) is 0.533. The van der Waals surface area contributed by atoms with Crippen LogP contribution >= 0.6 is 11.6 Å². The van der Waals surface area contributed by atoms with Crippen LogP contribution in [0.5, 0.6) is 0 Å². The van der Waals surface area contributed by atoms with Gasteiger partial charge in [0.1, 0.15) is 17.2 Å². The van der Waals surface area contributed by atoms with Gasteiger partial charge in [0.05, 0.1) is 24.1 Å². The maximum Gasteiger partial charge on any atom is 0.290 e. The third kappa shape index (κ3) is 5.47. The first-order valence-electron chi connectivity index (χ1n) is 14.5. The molecule has 0 spiro atoms. The van der Waals surface area contributed by atoms with Crippen LogP contribution < -0.4 is 15.4 Å². The van der Waals surface area contributed by atoms with Crippen molar-refractivity contribution >= 4 is 23.1 Å². The van der Waals surface area contributed by atoms with Crippen molar-refractivity contribution in [2.45, 2.75) is 64.4 Å². The highest BCUT2D eigenvalue weighted by molar-refractivity contribution is 6.33. The Bertz CT molecular complexity index is 1380. The van der Waals surface area contributed by atoms with Crippen molar-refractivity contribution in [3.63, 3.8) is 0 Å². The molecule has 40 heavy (non-hydrogen) atoms. The molecule has 10 heteroatoms. The van der Waals surface area contributed by atoms with Crippen LogP contribution in [0.4, 0.5) is 11.5 Å². The molecule has 1 aromatic carbocycles. The van der Waals surface area contributed by atoms with Gasteiger partial charge in [-0.15, -0.1) is 0 Å². The van der Waals surface area contributed by atoms with Gasteiger partial charge in [-0.3, -0.25) is 9.69 Å². The van der Waals surface area contributed by atoms with E-state index in [1.807, 2.05) is 0 Å². The topological polar surface area (TPSA) is 79.6 Å². The number of hydrogen-bond acceptors (Lipinski definition) is 8. The Morgan fingerprint density at radius 3 is 2.77 bits per heavy atom. The Balaban J connectivity index is 1.19. The van der Waals surface area contributed by atoms with E-state index < -0.39 is 0 Å². The molecule has 3 aromatic rings. The van der Waals surface area contributed by atoms with Gasteiger partial charge in [0, 0.05) is 44.9 Å². The molecule has 0 N–H and O–H groups in total. The molecule has 9 nitrogen and oxygen atoms in total. The molecule has 0 bridgehead atoms. The van der Waals surface area contributed by atoms with Crippen LogP contribution in [0.15, 0.2) is 47.7 Å². The SMILES string of the molecule is CC1CCN(Cc2ccccc2)CC1N(C)c1ncnc2c1CCN(c1cnn(C3CCCCO3)c(=O)c1Cl)C2. The Morgan fingerprint density at radius 2 is 1.98 bits per heavy atom. The van der Waals surface area contributed by atoms with Gasteiger partial charge in [-0.1, -0.05) is 48.9 Å². The molecular formula is C30H38ClN7O2. The minimum atomic E-state index is -0.341. The first kappa shape index (κ1) is 27.2. The van der Waals surface area contributed by atoms with E-state index in [-0.39, 0.29) is 16.8 Å². The molecule has 0 radical (unpaired) electrons. The maximum absolute atomic E-state index is 13.1. The zero-order valence-electron chi connectivity index (χ0n) is 23.4. The van der Waals surface area contributed by atoms with E-state index in [0.717, 1.165) is 63.3 Å². The number of fused-ring (bicyclic) bond motifs is 1. The van der Waals surface area contributed by atoms with Gasteiger partial charge in [0.25, 0.3) is 5.56 Å². The zero-order valence-corrected chi connectivity index (χ0v) is 24.1.